The van der Waals surface area contributed by atoms with Crippen molar-refractivity contribution in [2.24, 2.45) is 0 Å². The van der Waals surface area contributed by atoms with Crippen LogP contribution in [-0.2, 0) is 20.7 Å². The summed E-state index contributed by atoms with van der Waals surface area (Å²) in [5, 5.41) is 5.74. The van der Waals surface area contributed by atoms with Gasteiger partial charge in [-0.05, 0) is 50.4 Å². The summed E-state index contributed by atoms with van der Waals surface area (Å²) >= 11 is 0. The summed E-state index contributed by atoms with van der Waals surface area (Å²) in [6.07, 6.45) is 0.627. The van der Waals surface area contributed by atoms with E-state index >= 15 is 0 Å². The highest BCUT2D eigenvalue weighted by Crippen LogP contribution is 2.20. The van der Waals surface area contributed by atoms with Gasteiger partial charge in [-0.25, -0.2) is 4.79 Å². The summed E-state index contributed by atoms with van der Waals surface area (Å²) in [6.45, 7) is 10.2. The van der Waals surface area contributed by atoms with E-state index in [0.717, 1.165) is 56.0 Å². The van der Waals surface area contributed by atoms with Crippen LogP contribution in [0.25, 0.3) is 11.1 Å². The van der Waals surface area contributed by atoms with E-state index in [0.29, 0.717) is 13.0 Å². The Labute approximate surface area is 202 Å². The Balaban J connectivity index is 1.59. The van der Waals surface area contributed by atoms with Crippen LogP contribution in [0.5, 0.6) is 0 Å². The average Bonchev–Trinajstić information content (AvgIpc) is 2.82. The van der Waals surface area contributed by atoms with Crippen molar-refractivity contribution in [1.29, 1.82) is 0 Å². The lowest BCUT2D eigenvalue weighted by molar-refractivity contribution is -0.123. The molecule has 2 aromatic rings. The molecule has 184 valence electrons. The summed E-state index contributed by atoms with van der Waals surface area (Å²) in [5.74, 6) is -0.208. The molecule has 1 atom stereocenters. The molecule has 1 heterocycles. The standard InChI is InChI=1S/C27H37N3O4/c1-27(2,3)34-26(32)29-24(25(31)28-14-7-15-30-16-18-33-19-17-30)20-21-10-12-23(13-11-21)22-8-5-4-6-9-22/h4-6,8-13,24H,7,14-20H2,1-3H3,(H,28,31)(H,29,32)/t24-/m0/s1. The van der Waals surface area contributed by atoms with Gasteiger partial charge >= 0.3 is 6.09 Å². The molecule has 0 bridgehead atoms. The van der Waals surface area contributed by atoms with E-state index in [9.17, 15) is 9.59 Å². The third-order valence-corrected chi connectivity index (χ3v) is 5.56. The Morgan fingerprint density at radius 3 is 2.29 bits per heavy atom. The van der Waals surface area contributed by atoms with Crippen LogP contribution in [0.4, 0.5) is 4.79 Å². The average molecular weight is 468 g/mol. The second-order valence-electron chi connectivity index (χ2n) is 9.56. The highest BCUT2D eigenvalue weighted by molar-refractivity contribution is 5.86. The van der Waals surface area contributed by atoms with Crippen molar-refractivity contribution in [2.45, 2.75) is 45.3 Å². The van der Waals surface area contributed by atoms with Crippen LogP contribution >= 0.6 is 0 Å². The van der Waals surface area contributed by atoms with Gasteiger partial charge in [0.05, 0.1) is 13.2 Å². The van der Waals surface area contributed by atoms with Gasteiger partial charge in [0.25, 0.3) is 0 Å². The molecule has 2 amide bonds. The second kappa shape index (κ2) is 12.5. The third kappa shape index (κ3) is 8.80. The molecule has 0 radical (unpaired) electrons. The molecule has 0 unspecified atom stereocenters. The number of carbonyl (C=O) groups excluding carboxylic acids is 2. The monoisotopic (exact) mass is 467 g/mol. The molecule has 0 spiro atoms. The normalized spacial score (nSPS) is 15.4. The van der Waals surface area contributed by atoms with Gasteiger partial charge in [-0.3, -0.25) is 9.69 Å². The largest absolute Gasteiger partial charge is 0.444 e. The first-order valence-electron chi connectivity index (χ1n) is 12.0. The van der Waals surface area contributed by atoms with Gasteiger partial charge in [0, 0.05) is 26.1 Å². The first kappa shape index (κ1) is 25.7. The van der Waals surface area contributed by atoms with Crippen molar-refractivity contribution in [3.8, 4) is 11.1 Å². The second-order valence-corrected chi connectivity index (χ2v) is 9.56. The van der Waals surface area contributed by atoms with Gasteiger partial charge in [0.15, 0.2) is 0 Å². The Morgan fingerprint density at radius 2 is 1.65 bits per heavy atom. The smallest absolute Gasteiger partial charge is 0.408 e. The molecule has 1 aliphatic rings. The zero-order valence-corrected chi connectivity index (χ0v) is 20.5. The number of hydrogen-bond acceptors (Lipinski definition) is 5. The molecule has 1 saturated heterocycles. The van der Waals surface area contributed by atoms with Crippen LogP contribution in [0.2, 0.25) is 0 Å². The maximum Gasteiger partial charge on any atom is 0.408 e. The fraction of sp³-hybridized carbons (Fsp3) is 0.481. The topological polar surface area (TPSA) is 79.9 Å². The van der Waals surface area contributed by atoms with Crippen molar-refractivity contribution in [3.05, 3.63) is 60.2 Å². The Hall–Kier alpha value is -2.90. The summed E-state index contributed by atoms with van der Waals surface area (Å²) in [7, 11) is 0. The van der Waals surface area contributed by atoms with Crippen LogP contribution in [0, 0.1) is 0 Å². The minimum absolute atomic E-state index is 0.208. The Bertz CT molecular complexity index is 904. The van der Waals surface area contributed by atoms with Gasteiger partial charge in [0.1, 0.15) is 11.6 Å². The molecule has 0 aliphatic carbocycles. The van der Waals surface area contributed by atoms with Crippen LogP contribution in [-0.4, -0.2) is 67.9 Å². The summed E-state index contributed by atoms with van der Waals surface area (Å²) < 4.78 is 10.8. The zero-order valence-electron chi connectivity index (χ0n) is 20.5. The van der Waals surface area contributed by atoms with E-state index in [1.54, 1.807) is 20.8 Å². The van der Waals surface area contributed by atoms with Crippen molar-refractivity contribution in [3.63, 3.8) is 0 Å². The van der Waals surface area contributed by atoms with Gasteiger partial charge < -0.3 is 20.1 Å². The summed E-state index contributed by atoms with van der Waals surface area (Å²) in [6, 6.07) is 17.5. The summed E-state index contributed by atoms with van der Waals surface area (Å²) in [5.41, 5.74) is 2.56. The molecule has 0 aromatic heterocycles. The van der Waals surface area contributed by atoms with Crippen molar-refractivity contribution in [2.75, 3.05) is 39.4 Å². The molecule has 1 aliphatic heterocycles. The number of morpholine rings is 1. The van der Waals surface area contributed by atoms with E-state index in [4.69, 9.17) is 9.47 Å². The number of alkyl carbamates (subject to hydrolysis) is 1. The molecule has 1 fully saturated rings. The van der Waals surface area contributed by atoms with E-state index in [1.807, 2.05) is 42.5 Å². The van der Waals surface area contributed by atoms with E-state index in [-0.39, 0.29) is 5.91 Å². The van der Waals surface area contributed by atoms with Crippen LogP contribution < -0.4 is 10.6 Å². The fourth-order valence-corrected chi connectivity index (χ4v) is 3.82. The lowest BCUT2D eigenvalue weighted by Gasteiger charge is -2.26. The quantitative estimate of drug-likeness (QED) is 0.551. The Morgan fingerprint density at radius 1 is 1.00 bits per heavy atom. The lowest BCUT2D eigenvalue weighted by Crippen LogP contribution is -2.49. The van der Waals surface area contributed by atoms with E-state index in [1.165, 1.54) is 0 Å². The van der Waals surface area contributed by atoms with Crippen LogP contribution in [0.3, 0.4) is 0 Å². The first-order chi connectivity index (χ1) is 16.3. The maximum atomic E-state index is 13.0. The molecule has 0 saturated carbocycles. The number of rotatable bonds is 9. The van der Waals surface area contributed by atoms with Crippen molar-refractivity contribution in [1.82, 2.24) is 15.5 Å². The number of benzene rings is 2. The van der Waals surface area contributed by atoms with Gasteiger partial charge in [-0.1, -0.05) is 54.6 Å². The number of amides is 2. The number of nitrogens with zero attached hydrogens (tertiary/aromatic N) is 1. The molecule has 7 heteroatoms. The molecule has 3 rings (SSSR count). The van der Waals surface area contributed by atoms with E-state index in [2.05, 4.69) is 27.7 Å². The number of nitrogens with one attached hydrogen (secondary N) is 2. The van der Waals surface area contributed by atoms with Gasteiger partial charge in [-0.15, -0.1) is 0 Å². The molecule has 7 nitrogen and oxygen atoms in total. The highest BCUT2D eigenvalue weighted by atomic mass is 16.6. The Kier molecular flexibility index (Phi) is 9.48. The maximum absolute atomic E-state index is 13.0. The van der Waals surface area contributed by atoms with Gasteiger partial charge in [-0.2, -0.15) is 0 Å². The fourth-order valence-electron chi connectivity index (χ4n) is 3.82. The van der Waals surface area contributed by atoms with Crippen molar-refractivity contribution < 1.29 is 19.1 Å². The minimum atomic E-state index is -0.721. The number of hydrogen-bond donors (Lipinski definition) is 2. The van der Waals surface area contributed by atoms with Gasteiger partial charge in [0.2, 0.25) is 5.91 Å². The van der Waals surface area contributed by atoms with Crippen molar-refractivity contribution >= 4 is 12.0 Å². The third-order valence-electron chi connectivity index (χ3n) is 5.56. The minimum Gasteiger partial charge on any atom is -0.444 e. The predicted molar refractivity (Wildman–Crippen MR) is 134 cm³/mol. The molecule has 34 heavy (non-hydrogen) atoms. The first-order valence-corrected chi connectivity index (χ1v) is 12.0. The van der Waals surface area contributed by atoms with Crippen LogP contribution in [0.15, 0.2) is 54.6 Å². The summed E-state index contributed by atoms with van der Waals surface area (Å²) in [4.78, 5) is 27.7. The number of ether oxygens (including phenoxy) is 2. The SMILES string of the molecule is CC(C)(C)OC(=O)N[C@@H](Cc1ccc(-c2ccccc2)cc1)C(=O)NCCCN1CCOCC1. The number of carbonyl (C=O) groups is 2. The highest BCUT2D eigenvalue weighted by Gasteiger charge is 2.24. The predicted octanol–water partition coefficient (Wildman–Crippen LogP) is 3.63. The molecule has 2 aromatic carbocycles. The molecule has 2 N–H and O–H groups in total. The lowest BCUT2D eigenvalue weighted by atomic mass is 10.0. The molecular formula is C27H37N3O4. The van der Waals surface area contributed by atoms with E-state index < -0.39 is 17.7 Å². The molecular weight excluding hydrogens is 430 g/mol. The van der Waals surface area contributed by atoms with Crippen LogP contribution in [0.1, 0.15) is 32.8 Å². The zero-order chi connectivity index (χ0) is 24.4.